The van der Waals surface area contributed by atoms with Crippen molar-refractivity contribution in [1.82, 2.24) is 4.98 Å². The van der Waals surface area contributed by atoms with Gasteiger partial charge in [-0.1, -0.05) is 6.07 Å². The number of aliphatic hydroxyl groups is 1. The van der Waals surface area contributed by atoms with Crippen molar-refractivity contribution in [2.75, 3.05) is 0 Å². The van der Waals surface area contributed by atoms with Gasteiger partial charge in [0.2, 0.25) is 0 Å². The zero-order valence-corrected chi connectivity index (χ0v) is 7.95. The first-order valence-corrected chi connectivity index (χ1v) is 4.82. The van der Waals surface area contributed by atoms with Gasteiger partial charge in [0.05, 0.1) is 5.60 Å². The van der Waals surface area contributed by atoms with Crippen LogP contribution in [-0.4, -0.2) is 15.7 Å². The summed E-state index contributed by atoms with van der Waals surface area (Å²) in [6.45, 7) is 2.03. The van der Waals surface area contributed by atoms with Gasteiger partial charge in [0.25, 0.3) is 0 Å². The number of pyridine rings is 1. The fourth-order valence-electron chi connectivity index (χ4n) is 1.40. The lowest BCUT2D eigenvalue weighted by atomic mass is 10.1. The van der Waals surface area contributed by atoms with Gasteiger partial charge in [-0.2, -0.15) is 0 Å². The lowest BCUT2D eigenvalue weighted by molar-refractivity contribution is 0.140. The fraction of sp³-hybridized carbons (Fsp3) is 0.545. The third-order valence-corrected chi connectivity index (χ3v) is 2.65. The predicted octanol–water partition coefficient (Wildman–Crippen LogP) is 1.85. The van der Waals surface area contributed by atoms with E-state index in [1.165, 1.54) is 5.56 Å². The summed E-state index contributed by atoms with van der Waals surface area (Å²) >= 11 is 0. The summed E-state index contributed by atoms with van der Waals surface area (Å²) in [5.41, 5.74) is 1.94. The van der Waals surface area contributed by atoms with Crippen LogP contribution in [0.1, 0.15) is 30.5 Å². The highest BCUT2D eigenvalue weighted by Gasteiger charge is 2.39. The van der Waals surface area contributed by atoms with Gasteiger partial charge in [0.15, 0.2) is 0 Å². The maximum Gasteiger partial charge on any atom is 0.0653 e. The second kappa shape index (κ2) is 3.11. The summed E-state index contributed by atoms with van der Waals surface area (Å²) in [5.74, 6) is 0. The Morgan fingerprint density at radius 2 is 2.23 bits per heavy atom. The van der Waals surface area contributed by atoms with Crippen molar-refractivity contribution in [3.8, 4) is 0 Å². The number of hydrogen-bond donors (Lipinski definition) is 1. The van der Waals surface area contributed by atoms with Crippen LogP contribution in [0.15, 0.2) is 18.3 Å². The molecular formula is C11H15NO. The average Bonchev–Trinajstić information content (AvgIpc) is 2.84. The second-order valence-electron chi connectivity index (χ2n) is 4.05. The van der Waals surface area contributed by atoms with E-state index in [0.29, 0.717) is 0 Å². The van der Waals surface area contributed by atoms with E-state index in [9.17, 15) is 5.11 Å². The first-order chi connectivity index (χ1) is 6.18. The van der Waals surface area contributed by atoms with Gasteiger partial charge in [0, 0.05) is 11.9 Å². The Kier molecular flexibility index (Phi) is 2.08. The SMILES string of the molecule is Cc1ccc(CCC2(O)CC2)nc1. The molecular weight excluding hydrogens is 162 g/mol. The van der Waals surface area contributed by atoms with Crippen LogP contribution in [-0.2, 0) is 6.42 Å². The molecule has 2 nitrogen and oxygen atoms in total. The molecule has 1 aromatic rings. The minimum atomic E-state index is -0.341. The Morgan fingerprint density at radius 1 is 1.46 bits per heavy atom. The average molecular weight is 177 g/mol. The molecule has 1 aliphatic rings. The highest BCUT2D eigenvalue weighted by molar-refractivity contribution is 5.13. The van der Waals surface area contributed by atoms with E-state index in [2.05, 4.69) is 11.1 Å². The van der Waals surface area contributed by atoms with Gasteiger partial charge in [-0.25, -0.2) is 0 Å². The van der Waals surface area contributed by atoms with Crippen LogP contribution in [0.5, 0.6) is 0 Å². The predicted molar refractivity (Wildman–Crippen MR) is 51.5 cm³/mol. The minimum absolute atomic E-state index is 0.341. The van der Waals surface area contributed by atoms with Crippen molar-refractivity contribution in [1.29, 1.82) is 0 Å². The molecule has 13 heavy (non-hydrogen) atoms. The maximum atomic E-state index is 9.62. The summed E-state index contributed by atoms with van der Waals surface area (Å²) in [5, 5.41) is 9.62. The number of aromatic nitrogens is 1. The van der Waals surface area contributed by atoms with Crippen LogP contribution in [0.3, 0.4) is 0 Å². The monoisotopic (exact) mass is 177 g/mol. The lowest BCUT2D eigenvalue weighted by Crippen LogP contribution is -2.08. The molecule has 0 aliphatic heterocycles. The molecule has 1 heterocycles. The van der Waals surface area contributed by atoms with Crippen LogP contribution >= 0.6 is 0 Å². The van der Waals surface area contributed by atoms with Gasteiger partial charge >= 0.3 is 0 Å². The molecule has 1 saturated carbocycles. The van der Waals surface area contributed by atoms with Gasteiger partial charge < -0.3 is 5.11 Å². The third-order valence-electron chi connectivity index (χ3n) is 2.65. The normalized spacial score (nSPS) is 18.6. The Balaban J connectivity index is 1.91. The highest BCUT2D eigenvalue weighted by atomic mass is 16.3. The standard InChI is InChI=1S/C11H15NO/c1-9-2-3-10(12-8-9)4-5-11(13)6-7-11/h2-3,8,13H,4-7H2,1H3. The molecule has 1 fully saturated rings. The number of rotatable bonds is 3. The second-order valence-corrected chi connectivity index (χ2v) is 4.05. The van der Waals surface area contributed by atoms with Crippen molar-refractivity contribution in [2.45, 2.75) is 38.2 Å². The van der Waals surface area contributed by atoms with E-state index >= 15 is 0 Å². The third kappa shape index (κ3) is 2.28. The van der Waals surface area contributed by atoms with Crippen LogP contribution in [0.4, 0.5) is 0 Å². The smallest absolute Gasteiger partial charge is 0.0653 e. The Labute approximate surface area is 78.6 Å². The van der Waals surface area contributed by atoms with E-state index in [1.807, 2.05) is 19.2 Å². The molecule has 1 N–H and O–H groups in total. The molecule has 2 rings (SSSR count). The molecule has 0 bridgehead atoms. The van der Waals surface area contributed by atoms with Crippen molar-refractivity contribution >= 4 is 0 Å². The van der Waals surface area contributed by atoms with Gasteiger partial charge in [0.1, 0.15) is 0 Å². The van der Waals surface area contributed by atoms with Crippen LogP contribution in [0, 0.1) is 6.92 Å². The summed E-state index contributed by atoms with van der Waals surface area (Å²) < 4.78 is 0. The first-order valence-electron chi connectivity index (χ1n) is 4.82. The van der Waals surface area contributed by atoms with Crippen molar-refractivity contribution in [3.05, 3.63) is 29.6 Å². The van der Waals surface area contributed by atoms with Crippen LogP contribution < -0.4 is 0 Å². The molecule has 1 aromatic heterocycles. The molecule has 0 atom stereocenters. The topological polar surface area (TPSA) is 33.1 Å². The number of aryl methyl sites for hydroxylation is 2. The fourth-order valence-corrected chi connectivity index (χ4v) is 1.40. The number of nitrogens with zero attached hydrogens (tertiary/aromatic N) is 1. The molecule has 0 amide bonds. The molecule has 0 spiro atoms. The van der Waals surface area contributed by atoms with Gasteiger partial charge in [-0.05, 0) is 44.2 Å². The van der Waals surface area contributed by atoms with E-state index in [4.69, 9.17) is 0 Å². The zero-order valence-electron chi connectivity index (χ0n) is 7.95. The summed E-state index contributed by atoms with van der Waals surface area (Å²) in [6.07, 6.45) is 5.59. The highest BCUT2D eigenvalue weighted by Crippen LogP contribution is 2.38. The molecule has 1 aliphatic carbocycles. The Bertz CT molecular complexity index is 287. The van der Waals surface area contributed by atoms with Crippen molar-refractivity contribution < 1.29 is 5.11 Å². The van der Waals surface area contributed by atoms with Gasteiger partial charge in [-0.3, -0.25) is 4.98 Å². The van der Waals surface area contributed by atoms with E-state index in [-0.39, 0.29) is 5.60 Å². The van der Waals surface area contributed by atoms with Crippen LogP contribution in [0.2, 0.25) is 0 Å². The summed E-state index contributed by atoms with van der Waals surface area (Å²) in [4.78, 5) is 4.30. The van der Waals surface area contributed by atoms with Gasteiger partial charge in [-0.15, -0.1) is 0 Å². The molecule has 70 valence electrons. The number of hydrogen-bond acceptors (Lipinski definition) is 2. The first kappa shape index (κ1) is 8.70. The summed E-state index contributed by atoms with van der Waals surface area (Å²) in [7, 11) is 0. The molecule has 0 radical (unpaired) electrons. The molecule has 2 heteroatoms. The van der Waals surface area contributed by atoms with E-state index in [0.717, 1.165) is 31.4 Å². The van der Waals surface area contributed by atoms with Crippen molar-refractivity contribution in [2.24, 2.45) is 0 Å². The quantitative estimate of drug-likeness (QED) is 0.764. The molecule has 0 aromatic carbocycles. The zero-order chi connectivity index (χ0) is 9.31. The Hall–Kier alpha value is -0.890. The minimum Gasteiger partial charge on any atom is -0.390 e. The maximum absolute atomic E-state index is 9.62. The Morgan fingerprint density at radius 3 is 2.77 bits per heavy atom. The van der Waals surface area contributed by atoms with Crippen molar-refractivity contribution in [3.63, 3.8) is 0 Å². The summed E-state index contributed by atoms with van der Waals surface area (Å²) in [6, 6.07) is 4.11. The van der Waals surface area contributed by atoms with Crippen LogP contribution in [0.25, 0.3) is 0 Å². The van der Waals surface area contributed by atoms with E-state index < -0.39 is 0 Å². The molecule has 0 saturated heterocycles. The van der Waals surface area contributed by atoms with E-state index in [1.54, 1.807) is 0 Å². The lowest BCUT2D eigenvalue weighted by Gasteiger charge is -2.06. The largest absolute Gasteiger partial charge is 0.390 e. The molecule has 0 unspecified atom stereocenters.